The van der Waals surface area contributed by atoms with E-state index in [9.17, 15) is 10.2 Å². The van der Waals surface area contributed by atoms with Gasteiger partial charge in [0.2, 0.25) is 0 Å². The molecule has 5 atom stereocenters. The summed E-state index contributed by atoms with van der Waals surface area (Å²) in [4.78, 5) is 0. The molecule has 0 spiro atoms. The van der Waals surface area contributed by atoms with Crippen LogP contribution in [0.25, 0.3) is 0 Å². The molecule has 6 nitrogen and oxygen atoms in total. The molecule has 0 aliphatic carbocycles. The lowest BCUT2D eigenvalue weighted by atomic mass is 10.1. The third kappa shape index (κ3) is 2.05. The SMILES string of the molecule is C=CO[C@H]1[C@@H](O)[C@@H](O)O[C@@H]1[C@H](O)CO. The minimum absolute atomic E-state index is 0.541. The van der Waals surface area contributed by atoms with E-state index in [1.165, 1.54) is 0 Å². The zero-order valence-corrected chi connectivity index (χ0v) is 7.48. The summed E-state index contributed by atoms with van der Waals surface area (Å²) < 4.78 is 9.69. The van der Waals surface area contributed by atoms with Gasteiger partial charge in [0.05, 0.1) is 12.9 Å². The maximum Gasteiger partial charge on any atom is 0.185 e. The summed E-state index contributed by atoms with van der Waals surface area (Å²) in [7, 11) is 0. The van der Waals surface area contributed by atoms with Crippen LogP contribution in [0.4, 0.5) is 0 Å². The first-order valence-corrected chi connectivity index (χ1v) is 4.18. The molecular weight excluding hydrogens is 192 g/mol. The van der Waals surface area contributed by atoms with Crippen LogP contribution >= 0.6 is 0 Å². The summed E-state index contributed by atoms with van der Waals surface area (Å²) >= 11 is 0. The second kappa shape index (κ2) is 4.72. The number of hydrogen-bond acceptors (Lipinski definition) is 6. The first-order valence-electron chi connectivity index (χ1n) is 4.18. The van der Waals surface area contributed by atoms with E-state index in [1.807, 2.05) is 0 Å². The first kappa shape index (κ1) is 11.4. The summed E-state index contributed by atoms with van der Waals surface area (Å²) in [6.45, 7) is 2.75. The van der Waals surface area contributed by atoms with Crippen LogP contribution < -0.4 is 0 Å². The summed E-state index contributed by atoms with van der Waals surface area (Å²) in [5, 5.41) is 36.5. The molecule has 0 aromatic carbocycles. The number of hydrogen-bond donors (Lipinski definition) is 4. The molecule has 6 heteroatoms. The second-order valence-electron chi connectivity index (χ2n) is 3.00. The van der Waals surface area contributed by atoms with Gasteiger partial charge in [-0.15, -0.1) is 0 Å². The molecule has 1 heterocycles. The van der Waals surface area contributed by atoms with E-state index in [0.29, 0.717) is 0 Å². The lowest BCUT2D eigenvalue weighted by Crippen LogP contribution is -2.41. The van der Waals surface area contributed by atoms with Crippen molar-refractivity contribution in [2.75, 3.05) is 6.61 Å². The molecule has 1 saturated heterocycles. The molecular formula is C8H14O6. The van der Waals surface area contributed by atoms with Crippen molar-refractivity contribution in [3.8, 4) is 0 Å². The van der Waals surface area contributed by atoms with Crippen molar-refractivity contribution >= 4 is 0 Å². The van der Waals surface area contributed by atoms with E-state index in [-0.39, 0.29) is 0 Å². The lowest BCUT2D eigenvalue weighted by molar-refractivity contribution is -0.150. The Morgan fingerprint density at radius 2 is 2.14 bits per heavy atom. The Balaban J connectivity index is 2.68. The molecule has 0 bridgehead atoms. The maximum absolute atomic E-state index is 9.36. The van der Waals surface area contributed by atoms with Gasteiger partial charge in [0.1, 0.15) is 18.3 Å². The fraction of sp³-hybridized carbons (Fsp3) is 0.750. The Kier molecular flexibility index (Phi) is 3.85. The zero-order chi connectivity index (χ0) is 10.7. The van der Waals surface area contributed by atoms with E-state index < -0.39 is 37.3 Å². The predicted molar refractivity (Wildman–Crippen MR) is 45.0 cm³/mol. The topological polar surface area (TPSA) is 99.4 Å². The van der Waals surface area contributed by atoms with E-state index in [0.717, 1.165) is 6.26 Å². The van der Waals surface area contributed by atoms with Crippen LogP contribution in [0, 0.1) is 0 Å². The van der Waals surface area contributed by atoms with E-state index in [1.54, 1.807) is 0 Å². The van der Waals surface area contributed by atoms with Crippen LogP contribution in [0.1, 0.15) is 0 Å². The van der Waals surface area contributed by atoms with E-state index in [4.69, 9.17) is 19.7 Å². The van der Waals surface area contributed by atoms with Crippen molar-refractivity contribution < 1.29 is 29.9 Å². The third-order valence-corrected chi connectivity index (χ3v) is 2.07. The fourth-order valence-electron chi connectivity index (χ4n) is 1.36. The molecule has 0 aromatic heterocycles. The molecule has 0 unspecified atom stereocenters. The molecule has 0 aromatic rings. The van der Waals surface area contributed by atoms with Crippen molar-refractivity contribution in [2.45, 2.75) is 30.7 Å². The number of rotatable bonds is 4. The summed E-state index contributed by atoms with van der Waals surface area (Å²) in [5.41, 5.74) is 0. The summed E-state index contributed by atoms with van der Waals surface area (Å²) in [6.07, 6.45) is -4.73. The highest BCUT2D eigenvalue weighted by atomic mass is 16.7. The van der Waals surface area contributed by atoms with Crippen LogP contribution in [0.2, 0.25) is 0 Å². The number of aliphatic hydroxyl groups is 4. The number of ether oxygens (including phenoxy) is 2. The van der Waals surface area contributed by atoms with Crippen LogP contribution in [-0.4, -0.2) is 57.7 Å². The lowest BCUT2D eigenvalue weighted by Gasteiger charge is -2.22. The smallest absolute Gasteiger partial charge is 0.185 e. The van der Waals surface area contributed by atoms with Gasteiger partial charge in [-0.25, -0.2) is 0 Å². The molecule has 0 radical (unpaired) electrons. The third-order valence-electron chi connectivity index (χ3n) is 2.07. The molecule has 0 saturated carbocycles. The number of aliphatic hydroxyl groups excluding tert-OH is 4. The highest BCUT2D eigenvalue weighted by Crippen LogP contribution is 2.25. The molecule has 0 amide bonds. The van der Waals surface area contributed by atoms with Gasteiger partial charge in [-0.05, 0) is 0 Å². The van der Waals surface area contributed by atoms with Gasteiger partial charge in [0, 0.05) is 0 Å². The molecule has 1 rings (SSSR count). The quantitative estimate of drug-likeness (QED) is 0.395. The van der Waals surface area contributed by atoms with Gasteiger partial charge in [0.25, 0.3) is 0 Å². The molecule has 1 aliphatic heterocycles. The maximum atomic E-state index is 9.36. The van der Waals surface area contributed by atoms with Crippen molar-refractivity contribution in [1.29, 1.82) is 0 Å². The Morgan fingerprint density at radius 1 is 1.50 bits per heavy atom. The van der Waals surface area contributed by atoms with Gasteiger partial charge in [-0.1, -0.05) is 6.58 Å². The van der Waals surface area contributed by atoms with Gasteiger partial charge < -0.3 is 29.9 Å². The Hall–Kier alpha value is -0.660. The van der Waals surface area contributed by atoms with Gasteiger partial charge in [0.15, 0.2) is 12.4 Å². The van der Waals surface area contributed by atoms with Crippen molar-refractivity contribution in [1.82, 2.24) is 0 Å². The van der Waals surface area contributed by atoms with E-state index >= 15 is 0 Å². The van der Waals surface area contributed by atoms with Crippen molar-refractivity contribution in [3.05, 3.63) is 12.8 Å². The normalized spacial score (nSPS) is 39.4. The van der Waals surface area contributed by atoms with Crippen LogP contribution in [0.5, 0.6) is 0 Å². The van der Waals surface area contributed by atoms with Crippen LogP contribution in [0.15, 0.2) is 12.8 Å². The van der Waals surface area contributed by atoms with Crippen LogP contribution in [-0.2, 0) is 9.47 Å². The summed E-state index contributed by atoms with van der Waals surface area (Å²) in [6, 6.07) is 0. The molecule has 4 N–H and O–H groups in total. The van der Waals surface area contributed by atoms with Crippen molar-refractivity contribution in [2.24, 2.45) is 0 Å². The largest absolute Gasteiger partial charge is 0.493 e. The first-order chi connectivity index (χ1) is 6.61. The standard InChI is InChI=1S/C8H14O6/c1-2-13-7-5(11)8(12)14-6(7)4(10)3-9/h2,4-12H,1,3H2/t4-,5-,6-,7+,8+/m1/s1. The second-order valence-corrected chi connectivity index (χ2v) is 3.00. The monoisotopic (exact) mass is 206 g/mol. The molecule has 1 aliphatic rings. The Bertz CT molecular complexity index is 196. The van der Waals surface area contributed by atoms with Crippen molar-refractivity contribution in [3.63, 3.8) is 0 Å². The van der Waals surface area contributed by atoms with Gasteiger partial charge >= 0.3 is 0 Å². The highest BCUT2D eigenvalue weighted by Gasteiger charge is 2.47. The van der Waals surface area contributed by atoms with Gasteiger partial charge in [-0.2, -0.15) is 0 Å². The van der Waals surface area contributed by atoms with Crippen LogP contribution in [0.3, 0.4) is 0 Å². The Morgan fingerprint density at radius 3 is 2.64 bits per heavy atom. The zero-order valence-electron chi connectivity index (χ0n) is 7.48. The highest BCUT2D eigenvalue weighted by molar-refractivity contribution is 4.92. The fourth-order valence-corrected chi connectivity index (χ4v) is 1.36. The van der Waals surface area contributed by atoms with Gasteiger partial charge in [-0.3, -0.25) is 0 Å². The van der Waals surface area contributed by atoms with E-state index in [2.05, 4.69) is 6.58 Å². The average molecular weight is 206 g/mol. The minimum atomic E-state index is -1.42. The molecule has 1 fully saturated rings. The average Bonchev–Trinajstić information content (AvgIpc) is 2.45. The Labute approximate surface area is 81.0 Å². The molecule has 82 valence electrons. The predicted octanol–water partition coefficient (Wildman–Crippen LogP) is -2.05. The molecule has 14 heavy (non-hydrogen) atoms. The minimum Gasteiger partial charge on any atom is -0.493 e. The summed E-state index contributed by atoms with van der Waals surface area (Å²) in [5.74, 6) is 0.